The van der Waals surface area contributed by atoms with Gasteiger partial charge in [0.25, 0.3) is 0 Å². The van der Waals surface area contributed by atoms with Crippen molar-refractivity contribution < 1.29 is 78.7 Å². The van der Waals surface area contributed by atoms with Crippen LogP contribution in [-0.2, 0) is 42.9 Å². The number of hydrogen-bond acceptors (Lipinski definition) is 18. The second-order valence-electron chi connectivity index (χ2n) is 13.8. The molecule has 0 bridgehead atoms. The lowest BCUT2D eigenvalue weighted by Crippen LogP contribution is -2.59. The Morgan fingerprint density at radius 2 is 1.09 bits per heavy atom. The molecule has 2 aliphatic heterocycles. The molecule has 0 aromatic rings. The third-order valence-corrected chi connectivity index (χ3v) is 9.14. The first-order chi connectivity index (χ1) is 25.7. The van der Waals surface area contributed by atoms with Crippen molar-refractivity contribution >= 4 is 29.0 Å². The summed E-state index contributed by atoms with van der Waals surface area (Å²) in [6, 6.07) is 0. The monoisotopic (exact) mass is 779 g/mol. The number of Topliss-reactive ketones (excluding diaryl/α,β-unsaturated/α-hetero) is 4. The Morgan fingerprint density at radius 3 is 1.61 bits per heavy atom. The van der Waals surface area contributed by atoms with Crippen molar-refractivity contribution in [1.82, 2.24) is 15.8 Å². The largest absolute Gasteiger partial charge is 0.394 e. The molecule has 1 amide bonds. The lowest BCUT2D eigenvalue weighted by Gasteiger charge is -2.39. The number of ether oxygens (including phenoxy) is 4. The van der Waals surface area contributed by atoms with E-state index in [2.05, 4.69) is 10.9 Å². The van der Waals surface area contributed by atoms with Crippen LogP contribution in [0.4, 0.5) is 0 Å². The molecule has 0 aromatic heterocycles. The Morgan fingerprint density at radius 1 is 0.611 bits per heavy atom. The van der Waals surface area contributed by atoms with Crippen molar-refractivity contribution in [3.63, 3.8) is 0 Å². The lowest BCUT2D eigenvalue weighted by atomic mass is 9.99. The van der Waals surface area contributed by atoms with Crippen LogP contribution in [0.2, 0.25) is 0 Å². The average Bonchev–Trinajstić information content (AvgIpc) is 3.13. The van der Waals surface area contributed by atoms with Crippen molar-refractivity contribution in [2.24, 2.45) is 0 Å². The number of nitrogens with zero attached hydrogens (tertiary/aromatic N) is 1. The zero-order chi connectivity index (χ0) is 40.2. The van der Waals surface area contributed by atoms with E-state index in [-0.39, 0.29) is 107 Å². The Balaban J connectivity index is 1.81. The smallest absolute Gasteiger partial charge is 0.234 e. The van der Waals surface area contributed by atoms with Crippen LogP contribution in [0.3, 0.4) is 0 Å². The van der Waals surface area contributed by atoms with Gasteiger partial charge in [0.1, 0.15) is 65.9 Å². The van der Waals surface area contributed by atoms with E-state index in [0.29, 0.717) is 32.1 Å². The minimum atomic E-state index is -1.60. The first-order valence-electron chi connectivity index (χ1n) is 18.7. The molecule has 2 aliphatic rings. The van der Waals surface area contributed by atoms with E-state index in [0.717, 1.165) is 0 Å². The number of aliphatic hydroxyl groups is 7. The maximum atomic E-state index is 12.9. The lowest BCUT2D eigenvalue weighted by molar-refractivity contribution is -0.301. The molecule has 0 unspecified atom stereocenters. The van der Waals surface area contributed by atoms with E-state index in [1.165, 1.54) is 11.8 Å². The average molecular weight is 780 g/mol. The van der Waals surface area contributed by atoms with Crippen LogP contribution in [0, 0.1) is 0 Å². The van der Waals surface area contributed by atoms with Crippen molar-refractivity contribution in [3.8, 4) is 0 Å². The summed E-state index contributed by atoms with van der Waals surface area (Å²) >= 11 is 0. The van der Waals surface area contributed by atoms with E-state index in [4.69, 9.17) is 18.9 Å². The van der Waals surface area contributed by atoms with Crippen LogP contribution in [-0.4, -0.2) is 177 Å². The molecule has 19 nitrogen and oxygen atoms in total. The molecule has 19 heteroatoms. The molecular formula is C35H61N3O16. The standard InChI is InChI=1S/C35H61N3O16/c1-3-22(40)16-36-37-27(44)13-7-5-4-6-10-23(41)17-38(18-24(42)11-8-14-51-34-32(49)30(47)28(45)21(2)53-34)19-25(43)12-9-15-52-35-33(50)31(48)29(46)26(20-39)54-35/h21,26,28-36,39,45-50H,3-20H2,1-2H3,(H,37,44)/t21-,26+,28+,29+,30+,31-,32-,33-,34+,35-/m0/s1. The molecule has 2 fully saturated rings. The summed E-state index contributed by atoms with van der Waals surface area (Å²) in [6.45, 7) is 2.06. The highest BCUT2D eigenvalue weighted by molar-refractivity contribution is 5.86. The number of nitrogens with one attached hydrogen (secondary N) is 2. The van der Waals surface area contributed by atoms with Crippen molar-refractivity contribution in [2.45, 2.75) is 146 Å². The summed E-state index contributed by atoms with van der Waals surface area (Å²) in [5.41, 5.74) is 5.06. The maximum absolute atomic E-state index is 12.9. The van der Waals surface area contributed by atoms with Crippen LogP contribution < -0.4 is 10.9 Å². The summed E-state index contributed by atoms with van der Waals surface area (Å²) < 4.78 is 21.6. The second-order valence-corrected chi connectivity index (χ2v) is 13.8. The van der Waals surface area contributed by atoms with Crippen molar-refractivity contribution in [1.29, 1.82) is 0 Å². The summed E-state index contributed by atoms with van der Waals surface area (Å²) in [5.74, 6) is -0.999. The fourth-order valence-electron chi connectivity index (χ4n) is 5.84. The molecule has 2 saturated heterocycles. The normalized spacial score (nSPS) is 28.6. The zero-order valence-electron chi connectivity index (χ0n) is 31.3. The van der Waals surface area contributed by atoms with Gasteiger partial charge in [0.15, 0.2) is 12.6 Å². The van der Waals surface area contributed by atoms with Gasteiger partial charge in [0.05, 0.1) is 52.1 Å². The molecule has 0 saturated carbocycles. The topological polar surface area (TPSA) is 291 Å². The molecule has 2 rings (SSSR count). The number of amides is 1. The predicted octanol–water partition coefficient (Wildman–Crippen LogP) is -2.84. The first kappa shape index (κ1) is 47.8. The number of hydrogen-bond donors (Lipinski definition) is 9. The molecular weight excluding hydrogens is 718 g/mol. The first-order valence-corrected chi connectivity index (χ1v) is 18.7. The fourth-order valence-corrected chi connectivity index (χ4v) is 5.84. The van der Waals surface area contributed by atoms with E-state index in [1.54, 1.807) is 6.92 Å². The van der Waals surface area contributed by atoms with Gasteiger partial charge in [-0.2, -0.15) is 0 Å². The molecule has 0 spiro atoms. The van der Waals surface area contributed by atoms with Gasteiger partial charge >= 0.3 is 0 Å². The minimum absolute atomic E-state index is 0.00792. The number of ketones is 4. The molecule has 0 aliphatic carbocycles. The Kier molecular flexibility index (Phi) is 22.8. The number of aliphatic hydroxyl groups excluding tert-OH is 7. The van der Waals surface area contributed by atoms with Crippen LogP contribution in [0.1, 0.15) is 84.5 Å². The molecule has 2 heterocycles. The van der Waals surface area contributed by atoms with Crippen LogP contribution >= 0.6 is 0 Å². The predicted molar refractivity (Wildman–Crippen MR) is 187 cm³/mol. The van der Waals surface area contributed by atoms with E-state index in [9.17, 15) is 59.7 Å². The summed E-state index contributed by atoms with van der Waals surface area (Å²) in [5, 5.41) is 69.2. The second kappa shape index (κ2) is 25.7. The summed E-state index contributed by atoms with van der Waals surface area (Å²) in [6.07, 6.45) is -9.62. The fraction of sp³-hybridized carbons (Fsp3) is 0.857. The zero-order valence-corrected chi connectivity index (χ0v) is 31.3. The van der Waals surface area contributed by atoms with E-state index >= 15 is 0 Å². The van der Waals surface area contributed by atoms with Gasteiger partial charge in [0.2, 0.25) is 5.91 Å². The highest BCUT2D eigenvalue weighted by Gasteiger charge is 2.44. The molecule has 9 N–H and O–H groups in total. The van der Waals surface area contributed by atoms with Gasteiger partial charge in [-0.25, -0.2) is 5.43 Å². The van der Waals surface area contributed by atoms with Gasteiger partial charge in [-0.1, -0.05) is 19.8 Å². The van der Waals surface area contributed by atoms with Crippen LogP contribution in [0.25, 0.3) is 0 Å². The number of carbonyl (C=O) groups is 5. The van der Waals surface area contributed by atoms with Crippen LogP contribution in [0.15, 0.2) is 0 Å². The van der Waals surface area contributed by atoms with Gasteiger partial charge in [0, 0.05) is 32.1 Å². The number of rotatable bonds is 28. The van der Waals surface area contributed by atoms with Gasteiger partial charge in [-0.05, 0) is 32.6 Å². The molecule has 0 radical (unpaired) electrons. The van der Waals surface area contributed by atoms with Crippen molar-refractivity contribution in [2.75, 3.05) is 46.0 Å². The molecule has 54 heavy (non-hydrogen) atoms. The molecule has 312 valence electrons. The molecule has 0 aromatic carbocycles. The van der Waals surface area contributed by atoms with Gasteiger partial charge < -0.3 is 54.7 Å². The van der Waals surface area contributed by atoms with E-state index in [1.807, 2.05) is 0 Å². The maximum Gasteiger partial charge on any atom is 0.234 e. The van der Waals surface area contributed by atoms with Gasteiger partial charge in [-0.15, -0.1) is 0 Å². The Bertz CT molecular complexity index is 1160. The quantitative estimate of drug-likeness (QED) is 0.0285. The van der Waals surface area contributed by atoms with Gasteiger partial charge in [-0.3, -0.25) is 34.3 Å². The minimum Gasteiger partial charge on any atom is -0.394 e. The number of unbranched alkanes of at least 4 members (excludes halogenated alkanes) is 3. The van der Waals surface area contributed by atoms with Crippen LogP contribution in [0.5, 0.6) is 0 Å². The Hall–Kier alpha value is -2.37. The molecule has 10 atom stereocenters. The third-order valence-electron chi connectivity index (χ3n) is 9.14. The number of hydrazine groups is 1. The third kappa shape index (κ3) is 17.2. The highest BCUT2D eigenvalue weighted by atomic mass is 16.7. The van der Waals surface area contributed by atoms with Crippen molar-refractivity contribution in [3.05, 3.63) is 0 Å². The number of carbonyl (C=O) groups excluding carboxylic acids is 5. The SMILES string of the molecule is CCC(=O)CNNC(=O)CCCCCCC(=O)CN(CC(=O)CCCO[C@H]1O[C@H](CO)[C@@H](O)[C@H](O)[C@@H]1O)CC(=O)CCCO[C@@H]1O[C@@H](C)[C@@H](O)[C@@H](O)[C@@H]1O. The summed E-state index contributed by atoms with van der Waals surface area (Å²) in [4.78, 5) is 63.3. The highest BCUT2D eigenvalue weighted by Crippen LogP contribution is 2.23. The Labute approximate surface area is 315 Å². The van der Waals surface area contributed by atoms with E-state index < -0.39 is 68.0 Å². The summed E-state index contributed by atoms with van der Waals surface area (Å²) in [7, 11) is 0.